The molecule has 2 heterocycles. The molecular weight excluding hydrogens is 361 g/mol. The van der Waals surface area contributed by atoms with Gasteiger partial charge in [-0.2, -0.15) is 0 Å². The summed E-state index contributed by atoms with van der Waals surface area (Å²) in [5, 5.41) is 2.79. The Balaban J connectivity index is 1.50. The van der Waals surface area contributed by atoms with Crippen molar-refractivity contribution in [3.63, 3.8) is 0 Å². The first-order valence-electron chi connectivity index (χ1n) is 9.12. The molecule has 2 fully saturated rings. The second kappa shape index (κ2) is 6.74. The van der Waals surface area contributed by atoms with Gasteiger partial charge in [-0.05, 0) is 43.2 Å². The van der Waals surface area contributed by atoms with Crippen LogP contribution in [0.15, 0.2) is 48.5 Å². The summed E-state index contributed by atoms with van der Waals surface area (Å²) in [5.41, 5.74) is 1.19. The molecule has 2 aliphatic heterocycles. The molecule has 1 spiro atoms. The van der Waals surface area contributed by atoms with Gasteiger partial charge < -0.3 is 10.2 Å². The Morgan fingerprint density at radius 1 is 1.18 bits per heavy atom. The van der Waals surface area contributed by atoms with E-state index in [4.69, 9.17) is 0 Å². The summed E-state index contributed by atoms with van der Waals surface area (Å²) < 4.78 is 13.1. The van der Waals surface area contributed by atoms with Crippen molar-refractivity contribution in [3.05, 3.63) is 71.0 Å². The van der Waals surface area contributed by atoms with Crippen molar-refractivity contribution in [3.8, 4) is 0 Å². The average Bonchev–Trinajstić information content (AvgIpc) is 3.19. The van der Waals surface area contributed by atoms with Gasteiger partial charge in [-0.25, -0.2) is 9.18 Å². The first-order chi connectivity index (χ1) is 13.4. The second-order valence-electron chi connectivity index (χ2n) is 7.38. The molecule has 0 aromatic heterocycles. The highest BCUT2D eigenvalue weighted by Crippen LogP contribution is 2.30. The number of rotatable bonds is 3. The topological polar surface area (TPSA) is 69.7 Å². The van der Waals surface area contributed by atoms with Crippen LogP contribution in [-0.2, 0) is 11.3 Å². The molecule has 2 saturated heterocycles. The van der Waals surface area contributed by atoms with Crippen LogP contribution in [0.1, 0.15) is 27.9 Å². The smallest absolute Gasteiger partial charge is 0.325 e. The number of amides is 4. The minimum Gasteiger partial charge on any atom is -0.336 e. The zero-order valence-electron chi connectivity index (χ0n) is 15.4. The monoisotopic (exact) mass is 381 g/mol. The van der Waals surface area contributed by atoms with E-state index in [9.17, 15) is 18.8 Å². The van der Waals surface area contributed by atoms with Gasteiger partial charge >= 0.3 is 6.03 Å². The van der Waals surface area contributed by atoms with Crippen LogP contribution in [0.2, 0.25) is 0 Å². The molecule has 4 amide bonds. The molecule has 0 saturated carbocycles. The number of aryl methyl sites for hydroxylation is 1. The summed E-state index contributed by atoms with van der Waals surface area (Å²) in [7, 11) is 0. The molecule has 144 valence electrons. The number of nitrogens with zero attached hydrogens (tertiary/aromatic N) is 2. The molecule has 1 unspecified atom stereocenters. The van der Waals surface area contributed by atoms with E-state index in [-0.39, 0.29) is 24.9 Å². The molecule has 2 aliphatic rings. The van der Waals surface area contributed by atoms with Crippen molar-refractivity contribution < 1.29 is 18.8 Å². The maximum absolute atomic E-state index is 13.1. The van der Waals surface area contributed by atoms with Crippen LogP contribution < -0.4 is 5.32 Å². The quantitative estimate of drug-likeness (QED) is 0.831. The number of benzene rings is 2. The summed E-state index contributed by atoms with van der Waals surface area (Å²) in [4.78, 5) is 40.9. The van der Waals surface area contributed by atoms with Gasteiger partial charge in [-0.1, -0.05) is 29.8 Å². The molecule has 0 bridgehead atoms. The van der Waals surface area contributed by atoms with E-state index in [0.29, 0.717) is 18.5 Å². The Hall–Kier alpha value is -3.22. The van der Waals surface area contributed by atoms with E-state index in [2.05, 4.69) is 5.32 Å². The van der Waals surface area contributed by atoms with Gasteiger partial charge in [0.25, 0.3) is 11.8 Å². The Labute approximate surface area is 161 Å². The van der Waals surface area contributed by atoms with Gasteiger partial charge in [0, 0.05) is 12.1 Å². The molecule has 6 nitrogen and oxygen atoms in total. The fourth-order valence-electron chi connectivity index (χ4n) is 3.85. The number of imide groups is 1. The van der Waals surface area contributed by atoms with Gasteiger partial charge in [0.1, 0.15) is 11.4 Å². The van der Waals surface area contributed by atoms with Crippen LogP contribution in [0, 0.1) is 12.7 Å². The van der Waals surface area contributed by atoms with Crippen molar-refractivity contribution in [1.82, 2.24) is 15.1 Å². The number of hydrogen-bond donors (Lipinski definition) is 1. The van der Waals surface area contributed by atoms with Gasteiger partial charge in [0.05, 0.1) is 13.1 Å². The number of likely N-dealkylation sites (tertiary alicyclic amines) is 1. The van der Waals surface area contributed by atoms with Crippen LogP contribution in [0.25, 0.3) is 0 Å². The van der Waals surface area contributed by atoms with E-state index in [1.807, 2.05) is 31.2 Å². The lowest BCUT2D eigenvalue weighted by molar-refractivity contribution is -0.131. The molecule has 2 aromatic carbocycles. The summed E-state index contributed by atoms with van der Waals surface area (Å²) >= 11 is 0. The number of carbonyl (C=O) groups excluding carboxylic acids is 3. The van der Waals surface area contributed by atoms with E-state index < -0.39 is 17.4 Å². The van der Waals surface area contributed by atoms with E-state index in [0.717, 1.165) is 11.1 Å². The molecule has 1 atom stereocenters. The Bertz CT molecular complexity index is 960. The lowest BCUT2D eigenvalue weighted by Crippen LogP contribution is -2.49. The minimum absolute atomic E-state index is 0.109. The van der Waals surface area contributed by atoms with Crippen molar-refractivity contribution >= 4 is 17.8 Å². The SMILES string of the molecule is Cc1cccc(CN2C(=O)NC3(CCN(C(=O)c4ccc(F)cc4)C3)C2=O)c1. The van der Waals surface area contributed by atoms with Crippen LogP contribution in [0.5, 0.6) is 0 Å². The van der Waals surface area contributed by atoms with Crippen molar-refractivity contribution in [1.29, 1.82) is 0 Å². The maximum Gasteiger partial charge on any atom is 0.325 e. The third-order valence-corrected chi connectivity index (χ3v) is 5.32. The molecular formula is C21H20FN3O3. The Morgan fingerprint density at radius 3 is 2.64 bits per heavy atom. The normalized spacial score (nSPS) is 21.5. The molecule has 7 heteroatoms. The summed E-state index contributed by atoms with van der Waals surface area (Å²) in [5.74, 6) is -1.01. The first-order valence-corrected chi connectivity index (χ1v) is 9.12. The fraction of sp³-hybridized carbons (Fsp3) is 0.286. The van der Waals surface area contributed by atoms with E-state index >= 15 is 0 Å². The molecule has 2 aromatic rings. The average molecular weight is 381 g/mol. The number of halogens is 1. The molecule has 28 heavy (non-hydrogen) atoms. The van der Waals surface area contributed by atoms with Crippen LogP contribution >= 0.6 is 0 Å². The predicted octanol–water partition coefficient (Wildman–Crippen LogP) is 2.47. The Kier molecular flexibility index (Phi) is 4.37. The van der Waals surface area contributed by atoms with Crippen molar-refractivity contribution in [2.45, 2.75) is 25.4 Å². The first kappa shape index (κ1) is 18.2. The second-order valence-corrected chi connectivity index (χ2v) is 7.38. The number of nitrogens with one attached hydrogen (secondary N) is 1. The zero-order valence-corrected chi connectivity index (χ0v) is 15.4. The Morgan fingerprint density at radius 2 is 1.93 bits per heavy atom. The molecule has 4 rings (SSSR count). The summed E-state index contributed by atoms with van der Waals surface area (Å²) in [6.07, 6.45) is 0.356. The lowest BCUT2D eigenvalue weighted by Gasteiger charge is -2.22. The third-order valence-electron chi connectivity index (χ3n) is 5.32. The molecule has 0 radical (unpaired) electrons. The highest BCUT2D eigenvalue weighted by atomic mass is 19.1. The highest BCUT2D eigenvalue weighted by Gasteiger charge is 2.55. The molecule has 1 N–H and O–H groups in total. The van der Waals surface area contributed by atoms with Gasteiger partial charge in [0.15, 0.2) is 0 Å². The fourth-order valence-corrected chi connectivity index (χ4v) is 3.85. The standard InChI is InChI=1S/C21H20FN3O3/c1-14-3-2-4-15(11-14)12-25-19(27)21(23-20(25)28)9-10-24(13-21)18(26)16-5-7-17(22)8-6-16/h2-8,11H,9-10,12-13H2,1H3,(H,23,28). The van der Waals surface area contributed by atoms with Gasteiger partial charge in [0.2, 0.25) is 0 Å². The van der Waals surface area contributed by atoms with Crippen molar-refractivity contribution in [2.75, 3.05) is 13.1 Å². The van der Waals surface area contributed by atoms with E-state index in [1.54, 1.807) is 0 Å². The highest BCUT2D eigenvalue weighted by molar-refractivity contribution is 6.08. The largest absolute Gasteiger partial charge is 0.336 e. The van der Waals surface area contributed by atoms with Crippen LogP contribution in [0.3, 0.4) is 0 Å². The molecule has 0 aliphatic carbocycles. The summed E-state index contributed by atoms with van der Waals surface area (Å²) in [6, 6.07) is 12.5. The minimum atomic E-state index is -1.09. The zero-order chi connectivity index (χ0) is 19.9. The van der Waals surface area contributed by atoms with Crippen molar-refractivity contribution in [2.24, 2.45) is 0 Å². The van der Waals surface area contributed by atoms with Crippen LogP contribution in [-0.4, -0.2) is 46.3 Å². The third kappa shape index (κ3) is 3.13. The van der Waals surface area contributed by atoms with Gasteiger partial charge in [-0.3, -0.25) is 14.5 Å². The maximum atomic E-state index is 13.1. The van der Waals surface area contributed by atoms with Crippen LogP contribution in [0.4, 0.5) is 9.18 Å². The number of urea groups is 1. The number of hydrogen-bond acceptors (Lipinski definition) is 3. The number of carbonyl (C=O) groups is 3. The predicted molar refractivity (Wildman–Crippen MR) is 99.9 cm³/mol. The lowest BCUT2D eigenvalue weighted by atomic mass is 9.99. The van der Waals surface area contributed by atoms with Gasteiger partial charge in [-0.15, -0.1) is 0 Å². The van der Waals surface area contributed by atoms with E-state index in [1.165, 1.54) is 34.1 Å². The summed E-state index contributed by atoms with van der Waals surface area (Å²) in [6.45, 7) is 2.60.